The smallest absolute Gasteiger partial charge is 0.329 e. The number of carbonyl (C=O) groups is 2. The van der Waals surface area contributed by atoms with Gasteiger partial charge in [0.25, 0.3) is 5.91 Å². The molecule has 0 atom stereocenters. The summed E-state index contributed by atoms with van der Waals surface area (Å²) in [7, 11) is 0. The predicted molar refractivity (Wildman–Crippen MR) is 118 cm³/mol. The molecule has 5 nitrogen and oxygen atoms in total. The average molecular weight is 481 g/mol. The molecule has 31 heavy (non-hydrogen) atoms. The quantitative estimate of drug-likeness (QED) is 0.386. The molecule has 0 aliphatic carbocycles. The number of benzene rings is 3. The number of amides is 3. The Labute approximate surface area is 187 Å². The molecule has 4 rings (SSSR count). The molecule has 3 amide bonds. The molecule has 3 aromatic carbocycles. The van der Waals surface area contributed by atoms with E-state index in [9.17, 15) is 14.0 Å². The topological polar surface area (TPSA) is 58.6 Å². The van der Waals surface area contributed by atoms with Crippen LogP contribution >= 0.6 is 15.9 Å². The molecule has 1 N–H and O–H groups in total. The molecule has 3 aromatic rings. The Kier molecular flexibility index (Phi) is 6.13. The van der Waals surface area contributed by atoms with Gasteiger partial charge in [-0.25, -0.2) is 9.18 Å². The zero-order valence-corrected chi connectivity index (χ0v) is 17.9. The average Bonchev–Trinajstić information content (AvgIpc) is 3.02. The van der Waals surface area contributed by atoms with E-state index in [0.717, 1.165) is 15.6 Å². The number of halogens is 2. The highest BCUT2D eigenvalue weighted by molar-refractivity contribution is 9.10. The van der Waals surface area contributed by atoms with Crippen LogP contribution in [0.4, 0.5) is 9.18 Å². The lowest BCUT2D eigenvalue weighted by molar-refractivity contribution is -0.123. The van der Waals surface area contributed by atoms with Crippen molar-refractivity contribution in [2.24, 2.45) is 0 Å². The summed E-state index contributed by atoms with van der Waals surface area (Å²) in [6.07, 6.45) is 1.62. The van der Waals surface area contributed by atoms with Crippen molar-refractivity contribution in [2.75, 3.05) is 0 Å². The largest absolute Gasteiger partial charge is 0.489 e. The van der Waals surface area contributed by atoms with E-state index in [1.807, 2.05) is 30.3 Å². The second-order valence-electron chi connectivity index (χ2n) is 6.99. The van der Waals surface area contributed by atoms with Crippen molar-refractivity contribution in [3.05, 3.63) is 105 Å². The molecule has 1 aliphatic heterocycles. The van der Waals surface area contributed by atoms with E-state index in [1.165, 1.54) is 17.0 Å². The standard InChI is InChI=1S/C24H18BrFN2O3/c25-19-8-4-16(5-9-19)14-28-23(29)22(27-24(28)30)13-18-2-1-3-21(12-18)31-15-17-6-10-20(26)11-7-17/h1-13H,14-15H2,(H,27,30)/b22-13+. The molecule has 1 fully saturated rings. The monoisotopic (exact) mass is 480 g/mol. The van der Waals surface area contributed by atoms with Crippen molar-refractivity contribution in [2.45, 2.75) is 13.2 Å². The number of ether oxygens (including phenoxy) is 1. The summed E-state index contributed by atoms with van der Waals surface area (Å²) in [6, 6.07) is 20.2. The third-order valence-corrected chi connectivity index (χ3v) is 5.23. The molecule has 0 radical (unpaired) electrons. The summed E-state index contributed by atoms with van der Waals surface area (Å²) in [5, 5.41) is 2.63. The number of hydrogen-bond donors (Lipinski definition) is 1. The van der Waals surface area contributed by atoms with Gasteiger partial charge in [-0.05, 0) is 59.2 Å². The normalized spacial score (nSPS) is 14.8. The number of imide groups is 1. The lowest BCUT2D eigenvalue weighted by atomic mass is 10.1. The molecular weight excluding hydrogens is 463 g/mol. The SMILES string of the molecule is O=C1N/C(=C/c2cccc(OCc3ccc(F)cc3)c2)C(=O)N1Cc1ccc(Br)cc1. The fraction of sp³-hybridized carbons (Fsp3) is 0.0833. The maximum Gasteiger partial charge on any atom is 0.329 e. The summed E-state index contributed by atoms with van der Waals surface area (Å²) >= 11 is 3.37. The molecule has 0 saturated carbocycles. The maximum atomic E-state index is 13.0. The van der Waals surface area contributed by atoms with Gasteiger partial charge in [-0.2, -0.15) is 0 Å². The molecule has 156 valence electrons. The van der Waals surface area contributed by atoms with Gasteiger partial charge in [-0.1, -0.05) is 52.3 Å². The Balaban J connectivity index is 1.44. The molecule has 1 aliphatic rings. The van der Waals surface area contributed by atoms with Crippen LogP contribution in [0.1, 0.15) is 16.7 Å². The number of hydrogen-bond acceptors (Lipinski definition) is 3. The minimum atomic E-state index is -0.456. The van der Waals surface area contributed by atoms with Gasteiger partial charge >= 0.3 is 6.03 Å². The van der Waals surface area contributed by atoms with Crippen LogP contribution in [-0.4, -0.2) is 16.8 Å². The summed E-state index contributed by atoms with van der Waals surface area (Å²) in [6.45, 7) is 0.479. The third-order valence-electron chi connectivity index (χ3n) is 4.70. The fourth-order valence-electron chi connectivity index (χ4n) is 3.10. The van der Waals surface area contributed by atoms with Gasteiger partial charge in [0.05, 0.1) is 6.54 Å². The molecule has 0 unspecified atom stereocenters. The van der Waals surface area contributed by atoms with Gasteiger partial charge in [0.15, 0.2) is 0 Å². The van der Waals surface area contributed by atoms with Crippen LogP contribution in [0, 0.1) is 5.82 Å². The fourth-order valence-corrected chi connectivity index (χ4v) is 3.36. The molecule has 7 heteroatoms. The van der Waals surface area contributed by atoms with Crippen LogP contribution in [0.25, 0.3) is 6.08 Å². The Morgan fingerprint density at radius 1 is 0.968 bits per heavy atom. The van der Waals surface area contributed by atoms with Crippen LogP contribution < -0.4 is 10.1 Å². The van der Waals surface area contributed by atoms with Crippen LogP contribution in [0.15, 0.2) is 83.0 Å². The molecular formula is C24H18BrFN2O3. The van der Waals surface area contributed by atoms with E-state index in [1.54, 1.807) is 36.4 Å². The highest BCUT2D eigenvalue weighted by Crippen LogP contribution is 2.21. The highest BCUT2D eigenvalue weighted by Gasteiger charge is 2.33. The molecule has 1 saturated heterocycles. The van der Waals surface area contributed by atoms with Crippen LogP contribution in [0.3, 0.4) is 0 Å². The van der Waals surface area contributed by atoms with E-state index in [4.69, 9.17) is 4.74 Å². The molecule has 0 spiro atoms. The minimum Gasteiger partial charge on any atom is -0.489 e. The van der Waals surface area contributed by atoms with Crippen molar-refractivity contribution >= 4 is 33.9 Å². The van der Waals surface area contributed by atoms with E-state index >= 15 is 0 Å². The molecule has 1 heterocycles. The van der Waals surface area contributed by atoms with Crippen molar-refractivity contribution in [3.8, 4) is 5.75 Å². The van der Waals surface area contributed by atoms with E-state index in [-0.39, 0.29) is 30.6 Å². The number of rotatable bonds is 6. The Hall–Kier alpha value is -3.45. The van der Waals surface area contributed by atoms with E-state index in [2.05, 4.69) is 21.2 Å². The van der Waals surface area contributed by atoms with Gasteiger partial charge in [-0.15, -0.1) is 0 Å². The van der Waals surface area contributed by atoms with E-state index < -0.39 is 6.03 Å². The first kappa shape index (κ1) is 20.8. The summed E-state index contributed by atoms with van der Waals surface area (Å²) in [4.78, 5) is 26.2. The van der Waals surface area contributed by atoms with Crippen molar-refractivity contribution in [3.63, 3.8) is 0 Å². The van der Waals surface area contributed by atoms with Crippen LogP contribution in [0.2, 0.25) is 0 Å². The maximum absolute atomic E-state index is 13.0. The zero-order chi connectivity index (χ0) is 21.8. The van der Waals surface area contributed by atoms with Gasteiger partial charge in [0.2, 0.25) is 0 Å². The predicted octanol–water partition coefficient (Wildman–Crippen LogP) is 5.26. The van der Waals surface area contributed by atoms with Gasteiger partial charge in [-0.3, -0.25) is 9.69 Å². The zero-order valence-electron chi connectivity index (χ0n) is 16.3. The third kappa shape index (κ3) is 5.19. The molecule has 0 bridgehead atoms. The minimum absolute atomic E-state index is 0.191. The first-order chi connectivity index (χ1) is 15.0. The van der Waals surface area contributed by atoms with Crippen LogP contribution in [-0.2, 0) is 17.9 Å². The van der Waals surface area contributed by atoms with Gasteiger partial charge < -0.3 is 10.1 Å². The first-order valence-corrected chi connectivity index (χ1v) is 10.3. The lowest BCUT2D eigenvalue weighted by Crippen LogP contribution is -2.30. The summed E-state index contributed by atoms with van der Waals surface area (Å²) in [5.74, 6) is -0.0810. The Morgan fingerprint density at radius 2 is 1.68 bits per heavy atom. The molecule has 0 aromatic heterocycles. The number of urea groups is 1. The first-order valence-electron chi connectivity index (χ1n) is 9.54. The number of nitrogens with zero attached hydrogens (tertiary/aromatic N) is 1. The second kappa shape index (κ2) is 9.14. The highest BCUT2D eigenvalue weighted by atomic mass is 79.9. The van der Waals surface area contributed by atoms with Crippen molar-refractivity contribution < 1.29 is 18.7 Å². The number of carbonyl (C=O) groups excluding carboxylic acids is 2. The second-order valence-corrected chi connectivity index (χ2v) is 7.91. The summed E-state index contributed by atoms with van der Waals surface area (Å²) < 4.78 is 19.7. The number of nitrogens with one attached hydrogen (secondary N) is 1. The van der Waals surface area contributed by atoms with Crippen molar-refractivity contribution in [1.82, 2.24) is 10.2 Å². The van der Waals surface area contributed by atoms with E-state index in [0.29, 0.717) is 11.3 Å². The van der Waals surface area contributed by atoms with Gasteiger partial charge in [0, 0.05) is 4.47 Å². The Bertz CT molecular complexity index is 1140. The van der Waals surface area contributed by atoms with Gasteiger partial charge in [0.1, 0.15) is 23.9 Å². The summed E-state index contributed by atoms with van der Waals surface area (Å²) in [5.41, 5.74) is 2.61. The lowest BCUT2D eigenvalue weighted by Gasteiger charge is -2.11. The Morgan fingerprint density at radius 3 is 2.42 bits per heavy atom. The van der Waals surface area contributed by atoms with Crippen LogP contribution in [0.5, 0.6) is 5.75 Å². The van der Waals surface area contributed by atoms with Crippen molar-refractivity contribution in [1.29, 1.82) is 0 Å².